The van der Waals surface area contributed by atoms with Crippen LogP contribution in [0.15, 0.2) is 24.3 Å². The van der Waals surface area contributed by atoms with Crippen LogP contribution in [-0.4, -0.2) is 26.9 Å². The topological polar surface area (TPSA) is 52.8 Å². The molecule has 0 aliphatic rings. The molecule has 0 saturated heterocycles. The number of pyridine rings is 1. The largest absolute Gasteiger partial charge is 0.481 e. The number of nitrogens with zero attached hydrogens (tertiary/aromatic N) is 4. The highest BCUT2D eigenvalue weighted by atomic mass is 16.5. The minimum absolute atomic E-state index is 0.630. The van der Waals surface area contributed by atoms with Gasteiger partial charge in [0.2, 0.25) is 5.88 Å². The van der Waals surface area contributed by atoms with E-state index in [9.17, 15) is 0 Å². The van der Waals surface area contributed by atoms with Gasteiger partial charge in [-0.1, -0.05) is 0 Å². The Labute approximate surface area is 117 Å². The number of aromatic nitrogens is 4. The second-order valence-corrected chi connectivity index (χ2v) is 4.82. The van der Waals surface area contributed by atoms with Gasteiger partial charge in [0.05, 0.1) is 12.6 Å². The Morgan fingerprint density at radius 3 is 2.35 bits per heavy atom. The average molecular weight is 268 g/mol. The predicted octanol–water partition coefficient (Wildman–Crippen LogP) is 2.75. The first-order chi connectivity index (χ1) is 9.60. The number of hydrogen-bond acceptors (Lipinski definition) is 4. The summed E-state index contributed by atoms with van der Waals surface area (Å²) in [6.07, 6.45) is 0. The van der Waals surface area contributed by atoms with Gasteiger partial charge in [-0.15, -0.1) is 10.2 Å². The average Bonchev–Trinajstić information content (AvgIpc) is 2.77. The van der Waals surface area contributed by atoms with E-state index in [2.05, 4.69) is 27.3 Å². The van der Waals surface area contributed by atoms with E-state index in [4.69, 9.17) is 4.74 Å². The fourth-order valence-electron chi connectivity index (χ4n) is 2.46. The van der Waals surface area contributed by atoms with Crippen LogP contribution >= 0.6 is 0 Å². The fraction of sp³-hybridized carbons (Fsp3) is 0.267. The molecule has 1 aromatic carbocycles. The summed E-state index contributed by atoms with van der Waals surface area (Å²) in [6.45, 7) is 5.95. The molecule has 0 radical (unpaired) electrons. The highest BCUT2D eigenvalue weighted by molar-refractivity contribution is 5.84. The zero-order chi connectivity index (χ0) is 14.3. The van der Waals surface area contributed by atoms with E-state index in [1.54, 1.807) is 7.11 Å². The Balaban J connectivity index is 2.25. The number of aryl methyl sites for hydroxylation is 3. The van der Waals surface area contributed by atoms with E-state index in [0.717, 1.165) is 33.8 Å². The first-order valence-electron chi connectivity index (χ1n) is 6.44. The normalized spacial score (nSPS) is 11.0. The maximum absolute atomic E-state index is 5.18. The van der Waals surface area contributed by atoms with E-state index in [1.165, 1.54) is 0 Å². The van der Waals surface area contributed by atoms with Crippen LogP contribution < -0.4 is 4.74 Å². The molecule has 0 saturated carbocycles. The molecule has 2 aromatic heterocycles. The molecule has 0 fully saturated rings. The summed E-state index contributed by atoms with van der Waals surface area (Å²) in [7, 11) is 1.63. The Morgan fingerprint density at radius 1 is 1.00 bits per heavy atom. The summed E-state index contributed by atoms with van der Waals surface area (Å²) in [4.78, 5) is 4.50. The summed E-state index contributed by atoms with van der Waals surface area (Å²) in [5, 5.41) is 9.29. The molecule has 3 aromatic rings. The zero-order valence-electron chi connectivity index (χ0n) is 12.0. The van der Waals surface area contributed by atoms with Crippen LogP contribution in [0.2, 0.25) is 0 Å². The van der Waals surface area contributed by atoms with Crippen molar-refractivity contribution < 1.29 is 4.74 Å². The van der Waals surface area contributed by atoms with E-state index in [-0.39, 0.29) is 0 Å². The van der Waals surface area contributed by atoms with Gasteiger partial charge < -0.3 is 4.74 Å². The van der Waals surface area contributed by atoms with Crippen LogP contribution in [0.5, 0.6) is 5.88 Å². The Morgan fingerprint density at radius 2 is 1.70 bits per heavy atom. The highest BCUT2D eigenvalue weighted by Gasteiger charge is 2.10. The second-order valence-electron chi connectivity index (χ2n) is 4.82. The van der Waals surface area contributed by atoms with Crippen LogP contribution in [0.1, 0.15) is 17.2 Å². The monoisotopic (exact) mass is 268 g/mol. The molecular weight excluding hydrogens is 252 g/mol. The van der Waals surface area contributed by atoms with Crippen LogP contribution in [0, 0.1) is 20.8 Å². The van der Waals surface area contributed by atoms with E-state index >= 15 is 0 Å². The molecule has 20 heavy (non-hydrogen) atoms. The van der Waals surface area contributed by atoms with E-state index in [1.807, 2.05) is 37.5 Å². The summed E-state index contributed by atoms with van der Waals surface area (Å²) < 4.78 is 7.22. The lowest BCUT2D eigenvalue weighted by molar-refractivity contribution is 0.399. The summed E-state index contributed by atoms with van der Waals surface area (Å²) >= 11 is 0. The Kier molecular flexibility index (Phi) is 2.89. The molecule has 0 amide bonds. The molecule has 102 valence electrons. The van der Waals surface area contributed by atoms with Crippen LogP contribution in [0.3, 0.4) is 0 Å². The third-order valence-electron chi connectivity index (χ3n) is 3.40. The molecule has 5 nitrogen and oxygen atoms in total. The van der Waals surface area contributed by atoms with Crippen LogP contribution in [0.4, 0.5) is 0 Å². The smallest absolute Gasteiger partial charge is 0.213 e. The lowest BCUT2D eigenvalue weighted by Crippen LogP contribution is -2.01. The van der Waals surface area contributed by atoms with Gasteiger partial charge in [0.25, 0.3) is 0 Å². The van der Waals surface area contributed by atoms with Gasteiger partial charge in [0.15, 0.2) is 0 Å². The predicted molar refractivity (Wildman–Crippen MR) is 77.4 cm³/mol. The molecule has 0 bridgehead atoms. The van der Waals surface area contributed by atoms with Crippen molar-refractivity contribution in [3.05, 3.63) is 41.5 Å². The molecule has 0 aliphatic heterocycles. The van der Waals surface area contributed by atoms with Crippen molar-refractivity contribution in [3.8, 4) is 11.6 Å². The molecule has 0 spiro atoms. The van der Waals surface area contributed by atoms with Crippen molar-refractivity contribution >= 4 is 10.9 Å². The number of hydrogen-bond donors (Lipinski definition) is 0. The molecule has 2 heterocycles. The van der Waals surface area contributed by atoms with Gasteiger partial charge in [0, 0.05) is 17.1 Å². The highest BCUT2D eigenvalue weighted by Crippen LogP contribution is 2.24. The van der Waals surface area contributed by atoms with Gasteiger partial charge in [-0.2, -0.15) is 0 Å². The van der Waals surface area contributed by atoms with Crippen LogP contribution in [-0.2, 0) is 0 Å². The lowest BCUT2D eigenvalue weighted by Gasteiger charge is -2.10. The maximum Gasteiger partial charge on any atom is 0.213 e. The lowest BCUT2D eigenvalue weighted by atomic mass is 10.1. The van der Waals surface area contributed by atoms with Crippen molar-refractivity contribution in [2.45, 2.75) is 20.8 Å². The van der Waals surface area contributed by atoms with Gasteiger partial charge >= 0.3 is 0 Å². The molecule has 0 aliphatic carbocycles. The molecule has 0 unspecified atom stereocenters. The van der Waals surface area contributed by atoms with Gasteiger partial charge in [-0.05, 0) is 44.5 Å². The van der Waals surface area contributed by atoms with Crippen LogP contribution in [0.25, 0.3) is 16.6 Å². The van der Waals surface area contributed by atoms with Crippen molar-refractivity contribution in [2.75, 3.05) is 7.11 Å². The summed E-state index contributed by atoms with van der Waals surface area (Å²) in [5.74, 6) is 2.38. The van der Waals surface area contributed by atoms with Gasteiger partial charge in [0.1, 0.15) is 11.6 Å². The summed E-state index contributed by atoms with van der Waals surface area (Å²) in [5.41, 5.74) is 3.11. The first kappa shape index (κ1) is 12.6. The molecule has 5 heteroatoms. The minimum Gasteiger partial charge on any atom is -0.481 e. The third kappa shape index (κ3) is 1.91. The number of ether oxygens (including phenoxy) is 1. The van der Waals surface area contributed by atoms with Gasteiger partial charge in [-0.25, -0.2) is 4.98 Å². The number of fused-ring (bicyclic) bond motifs is 1. The third-order valence-corrected chi connectivity index (χ3v) is 3.40. The maximum atomic E-state index is 5.18. The van der Waals surface area contributed by atoms with Crippen molar-refractivity contribution in [3.63, 3.8) is 0 Å². The number of rotatable bonds is 2. The standard InChI is InChI=1S/C15H16N4O/c1-9-7-13(19-10(2)17-18-11(19)3)8-12-5-6-14(20-4)16-15(9)12/h5-8H,1-4H3. The number of methoxy groups -OCH3 is 1. The fourth-order valence-corrected chi connectivity index (χ4v) is 2.46. The molecular formula is C15H16N4O. The minimum atomic E-state index is 0.630. The Bertz CT molecular complexity index is 772. The van der Waals surface area contributed by atoms with E-state index < -0.39 is 0 Å². The Hall–Kier alpha value is -2.43. The molecule has 3 rings (SSSR count). The van der Waals surface area contributed by atoms with Gasteiger partial charge in [-0.3, -0.25) is 4.57 Å². The zero-order valence-corrected chi connectivity index (χ0v) is 12.0. The second kappa shape index (κ2) is 4.59. The number of benzene rings is 1. The van der Waals surface area contributed by atoms with Crippen molar-refractivity contribution in [1.29, 1.82) is 0 Å². The van der Waals surface area contributed by atoms with E-state index in [0.29, 0.717) is 5.88 Å². The quantitative estimate of drug-likeness (QED) is 0.717. The SMILES string of the molecule is COc1ccc2cc(-n3c(C)nnc3C)cc(C)c2n1. The van der Waals surface area contributed by atoms with Crippen molar-refractivity contribution in [2.24, 2.45) is 0 Å². The first-order valence-corrected chi connectivity index (χ1v) is 6.44. The molecule has 0 atom stereocenters. The van der Waals surface area contributed by atoms with Crippen molar-refractivity contribution in [1.82, 2.24) is 19.7 Å². The molecule has 0 N–H and O–H groups in total. The summed E-state index contributed by atoms with van der Waals surface area (Å²) in [6, 6.07) is 8.08.